The number of terminal acetylenes is 1. The Hall–Kier alpha value is -1.00. The van der Waals surface area contributed by atoms with Gasteiger partial charge < -0.3 is 4.90 Å². The van der Waals surface area contributed by atoms with Gasteiger partial charge in [-0.05, 0) is 57.3 Å². The van der Waals surface area contributed by atoms with Gasteiger partial charge in [0.1, 0.15) is 0 Å². The quantitative estimate of drug-likeness (QED) is 0.527. The lowest BCUT2D eigenvalue weighted by molar-refractivity contribution is 0.153. The predicted molar refractivity (Wildman–Crippen MR) is 75.8 cm³/mol. The molecule has 1 fully saturated rings. The molecule has 0 atom stereocenters. The third kappa shape index (κ3) is 3.48. The van der Waals surface area contributed by atoms with Crippen molar-refractivity contribution in [3.05, 3.63) is 23.8 Å². The molecule has 0 bridgehead atoms. The molecule has 0 aromatic rings. The topological polar surface area (TPSA) is 3.24 Å². The van der Waals surface area contributed by atoms with Gasteiger partial charge in [-0.25, -0.2) is 0 Å². The second-order valence-corrected chi connectivity index (χ2v) is 5.00. The fourth-order valence-electron chi connectivity index (χ4n) is 2.70. The zero-order chi connectivity index (χ0) is 12.7. The molecule has 1 aliphatic rings. The third-order valence-corrected chi connectivity index (χ3v) is 4.02. The summed E-state index contributed by atoms with van der Waals surface area (Å²) in [6.45, 7) is 6.78. The van der Waals surface area contributed by atoms with E-state index in [2.05, 4.69) is 49.9 Å². The Morgan fingerprint density at radius 2 is 2.06 bits per heavy atom. The summed E-state index contributed by atoms with van der Waals surface area (Å²) in [4.78, 5) is 2.42. The van der Waals surface area contributed by atoms with Crippen molar-refractivity contribution < 1.29 is 0 Å². The molecular formula is C16H25N. The van der Waals surface area contributed by atoms with Gasteiger partial charge in [0.15, 0.2) is 0 Å². The molecular weight excluding hydrogens is 206 g/mol. The summed E-state index contributed by atoms with van der Waals surface area (Å²) in [6, 6.07) is 0. The van der Waals surface area contributed by atoms with Crippen molar-refractivity contribution in [3.63, 3.8) is 0 Å². The first-order valence-electron chi connectivity index (χ1n) is 6.64. The van der Waals surface area contributed by atoms with E-state index in [0.29, 0.717) is 5.41 Å². The lowest BCUT2D eigenvalue weighted by Gasteiger charge is -2.41. The average Bonchev–Trinajstić information content (AvgIpc) is 2.36. The van der Waals surface area contributed by atoms with Crippen LogP contribution in [0.3, 0.4) is 0 Å². The molecule has 1 aliphatic heterocycles. The van der Waals surface area contributed by atoms with E-state index in [1.807, 2.05) is 0 Å². The second kappa shape index (κ2) is 6.67. The summed E-state index contributed by atoms with van der Waals surface area (Å²) >= 11 is 0. The highest BCUT2D eigenvalue weighted by Gasteiger charge is 2.34. The molecule has 0 radical (unpaired) electrons. The van der Waals surface area contributed by atoms with Crippen LogP contribution in [-0.4, -0.2) is 25.0 Å². The summed E-state index contributed by atoms with van der Waals surface area (Å²) in [5.41, 5.74) is 1.81. The number of allylic oxidation sites excluding steroid dienone is 4. The summed E-state index contributed by atoms with van der Waals surface area (Å²) < 4.78 is 0. The van der Waals surface area contributed by atoms with Crippen molar-refractivity contribution in [1.82, 2.24) is 4.90 Å². The molecule has 0 unspecified atom stereocenters. The number of piperidine rings is 1. The highest BCUT2D eigenvalue weighted by molar-refractivity contribution is 5.28. The standard InChI is InChI=1S/C16H25N/c1-5-8-10-15(9-6-2)16(7-3)11-13-17(4)14-12-16/h1,6,9-10H,7-8,11-14H2,2-4H3/b9-6-,15-10+. The van der Waals surface area contributed by atoms with E-state index < -0.39 is 0 Å². The van der Waals surface area contributed by atoms with E-state index in [0.717, 1.165) is 6.42 Å². The molecule has 17 heavy (non-hydrogen) atoms. The fourth-order valence-corrected chi connectivity index (χ4v) is 2.70. The number of likely N-dealkylation sites (tertiary alicyclic amines) is 1. The van der Waals surface area contributed by atoms with Crippen LogP contribution in [0.2, 0.25) is 0 Å². The maximum atomic E-state index is 5.38. The first-order valence-corrected chi connectivity index (χ1v) is 6.64. The number of nitrogens with zero attached hydrogens (tertiary/aromatic N) is 1. The van der Waals surface area contributed by atoms with Gasteiger partial charge in [-0.1, -0.05) is 25.2 Å². The molecule has 0 aliphatic carbocycles. The van der Waals surface area contributed by atoms with Crippen molar-refractivity contribution in [2.75, 3.05) is 20.1 Å². The lowest BCUT2D eigenvalue weighted by Crippen LogP contribution is -2.38. The van der Waals surface area contributed by atoms with Gasteiger partial charge >= 0.3 is 0 Å². The van der Waals surface area contributed by atoms with Crippen LogP contribution in [-0.2, 0) is 0 Å². The Bertz CT molecular complexity index is 322. The van der Waals surface area contributed by atoms with E-state index in [4.69, 9.17) is 6.42 Å². The smallest absolute Gasteiger partial charge is 0.0272 e. The van der Waals surface area contributed by atoms with Crippen LogP contribution in [0.5, 0.6) is 0 Å². The molecule has 1 heteroatoms. The molecule has 0 aromatic heterocycles. The maximum absolute atomic E-state index is 5.38. The average molecular weight is 231 g/mol. The van der Waals surface area contributed by atoms with Gasteiger partial charge in [-0.15, -0.1) is 12.3 Å². The van der Waals surface area contributed by atoms with E-state index in [-0.39, 0.29) is 0 Å². The highest BCUT2D eigenvalue weighted by atomic mass is 15.1. The van der Waals surface area contributed by atoms with Crippen LogP contribution in [0.4, 0.5) is 0 Å². The van der Waals surface area contributed by atoms with E-state index >= 15 is 0 Å². The molecule has 1 saturated heterocycles. The first-order chi connectivity index (χ1) is 8.18. The predicted octanol–water partition coefficient (Wildman–Crippen LogP) is 3.63. The number of hydrogen-bond donors (Lipinski definition) is 0. The zero-order valence-corrected chi connectivity index (χ0v) is 11.5. The van der Waals surface area contributed by atoms with Gasteiger partial charge in [0.05, 0.1) is 0 Å². The van der Waals surface area contributed by atoms with E-state index in [9.17, 15) is 0 Å². The van der Waals surface area contributed by atoms with Crippen LogP contribution in [0.25, 0.3) is 0 Å². The molecule has 1 rings (SSSR count). The molecule has 0 aromatic carbocycles. The Labute approximate surface area is 107 Å². The minimum absolute atomic E-state index is 0.357. The van der Waals surface area contributed by atoms with Crippen molar-refractivity contribution >= 4 is 0 Å². The summed E-state index contributed by atoms with van der Waals surface area (Å²) in [7, 11) is 2.21. The minimum atomic E-state index is 0.357. The Morgan fingerprint density at radius 3 is 2.53 bits per heavy atom. The Kier molecular flexibility index (Phi) is 5.51. The summed E-state index contributed by atoms with van der Waals surface area (Å²) in [6.07, 6.45) is 16.5. The van der Waals surface area contributed by atoms with Gasteiger partial charge in [0.25, 0.3) is 0 Å². The van der Waals surface area contributed by atoms with Crippen LogP contribution >= 0.6 is 0 Å². The van der Waals surface area contributed by atoms with Crippen LogP contribution in [0.1, 0.15) is 39.5 Å². The van der Waals surface area contributed by atoms with E-state index in [1.54, 1.807) is 0 Å². The van der Waals surface area contributed by atoms with E-state index in [1.165, 1.54) is 37.9 Å². The Morgan fingerprint density at radius 1 is 1.41 bits per heavy atom. The SMILES string of the molecule is C#CC/C=C(\C=C/C)C1(CC)CCN(C)CC1. The minimum Gasteiger partial charge on any atom is -0.306 e. The van der Waals surface area contributed by atoms with Crippen molar-refractivity contribution in [2.24, 2.45) is 5.41 Å². The van der Waals surface area contributed by atoms with Crippen LogP contribution < -0.4 is 0 Å². The molecule has 1 nitrogen and oxygen atoms in total. The van der Waals surface area contributed by atoms with Gasteiger partial charge in [0, 0.05) is 6.42 Å². The first kappa shape index (κ1) is 14.1. The Balaban J connectivity index is 2.92. The lowest BCUT2D eigenvalue weighted by atomic mass is 9.70. The zero-order valence-electron chi connectivity index (χ0n) is 11.5. The molecule has 0 spiro atoms. The fraction of sp³-hybridized carbons (Fsp3) is 0.625. The number of rotatable bonds is 4. The summed E-state index contributed by atoms with van der Waals surface area (Å²) in [5, 5.41) is 0. The summed E-state index contributed by atoms with van der Waals surface area (Å²) in [5.74, 6) is 2.73. The molecule has 1 heterocycles. The molecule has 0 saturated carbocycles. The van der Waals surface area contributed by atoms with Gasteiger partial charge in [0.2, 0.25) is 0 Å². The number of hydrogen-bond acceptors (Lipinski definition) is 1. The molecule has 0 N–H and O–H groups in total. The largest absolute Gasteiger partial charge is 0.306 e. The van der Waals surface area contributed by atoms with Gasteiger partial charge in [-0.3, -0.25) is 0 Å². The third-order valence-electron chi connectivity index (χ3n) is 4.02. The van der Waals surface area contributed by atoms with Crippen molar-refractivity contribution in [3.8, 4) is 12.3 Å². The normalized spacial score (nSPS) is 21.6. The molecule has 0 amide bonds. The molecule has 94 valence electrons. The van der Waals surface area contributed by atoms with Crippen LogP contribution in [0.15, 0.2) is 23.8 Å². The second-order valence-electron chi connectivity index (χ2n) is 5.00. The van der Waals surface area contributed by atoms with Crippen LogP contribution in [0, 0.1) is 17.8 Å². The highest BCUT2D eigenvalue weighted by Crippen LogP contribution is 2.42. The van der Waals surface area contributed by atoms with Crippen molar-refractivity contribution in [1.29, 1.82) is 0 Å². The van der Waals surface area contributed by atoms with Gasteiger partial charge in [-0.2, -0.15) is 0 Å². The van der Waals surface area contributed by atoms with Crippen molar-refractivity contribution in [2.45, 2.75) is 39.5 Å². The monoisotopic (exact) mass is 231 g/mol. The maximum Gasteiger partial charge on any atom is 0.0272 e.